The van der Waals surface area contributed by atoms with Crippen LogP contribution in [0, 0.1) is 37.1 Å². The number of hydrogen-bond acceptors (Lipinski definition) is 10. The van der Waals surface area contributed by atoms with Crippen molar-refractivity contribution >= 4 is 35.6 Å². The lowest BCUT2D eigenvalue weighted by Gasteiger charge is -2.17. The van der Waals surface area contributed by atoms with Crippen molar-refractivity contribution in [3.8, 4) is 23.0 Å². The third-order valence-electron chi connectivity index (χ3n) is 13.3. The van der Waals surface area contributed by atoms with Crippen LogP contribution in [0.5, 0.6) is 23.0 Å². The molecule has 0 unspecified atom stereocenters. The number of benzene rings is 9. The minimum atomic E-state index is -1.15. The Bertz CT molecular complexity index is 3830. The molecule has 0 atom stereocenters. The molecule has 0 spiro atoms. The second-order valence-electron chi connectivity index (χ2n) is 19.5. The minimum Gasteiger partial charge on any atom is -0.504 e. The Kier molecular flexibility index (Phi) is 22.7. The van der Waals surface area contributed by atoms with E-state index >= 15 is 0 Å². The highest BCUT2D eigenvalue weighted by molar-refractivity contribution is 6.03. The molecule has 0 aliphatic carbocycles. The van der Waals surface area contributed by atoms with Crippen LogP contribution in [0.25, 0.3) is 0 Å². The molecule has 88 heavy (non-hydrogen) atoms. The van der Waals surface area contributed by atoms with E-state index in [9.17, 15) is 61.6 Å². The van der Waals surface area contributed by atoms with Crippen LogP contribution in [0.1, 0.15) is 107 Å². The molecule has 0 fully saturated rings. The fraction of sp³-hybridized carbons (Fsp3) is 0.118. The number of nitrogens with one attached hydrogen (secondary N) is 4. The summed E-state index contributed by atoms with van der Waals surface area (Å²) in [5.41, 5.74) is 5.58. The van der Waals surface area contributed by atoms with Crippen LogP contribution in [0.3, 0.4) is 0 Å². The number of carbonyl (C=O) groups is 6. The number of aromatic hydroxyl groups is 2. The molecule has 0 aromatic heterocycles. The van der Waals surface area contributed by atoms with Gasteiger partial charge in [-0.15, -0.1) is 0 Å². The predicted molar refractivity (Wildman–Crippen MR) is 318 cm³/mol. The van der Waals surface area contributed by atoms with Crippen molar-refractivity contribution in [3.63, 3.8) is 0 Å². The standard InChI is InChI=1S/C30H26F2N2O3.C22H18F2N2O4.C16H14O5/c1-20-26(29(35)33-17-21-7-11-24(31)12-8-21)15-16-27(28(20)37-19-23-5-3-2-4-6-23)30(36)34-18-22-9-13-25(32)14-10-22;23-15-5-1-13(2-6-15)11-25-21(29)17-9-10-18(20(28)19(17)27)22(30)26-12-14-3-7-16(24)8-4-14;1-10-12(15(17)18)7-8-13(16(19)20)14(10)21-9-11-5-3-2-4-6-11/h2-16H,17-19H2,1H3,(H,33,35)(H,34,36);1-10,27-28H,11-12H2,(H,25,29)(H,26,30);2-8H,9H2,1H3,(H,17,18)(H,19,20). The second kappa shape index (κ2) is 31.0. The highest BCUT2D eigenvalue weighted by Gasteiger charge is 2.24. The first-order chi connectivity index (χ1) is 42.3. The van der Waals surface area contributed by atoms with E-state index in [0.717, 1.165) is 22.3 Å². The maximum Gasteiger partial charge on any atom is 0.339 e. The molecule has 8 N–H and O–H groups in total. The van der Waals surface area contributed by atoms with Gasteiger partial charge in [-0.25, -0.2) is 27.2 Å². The summed E-state index contributed by atoms with van der Waals surface area (Å²) in [6, 6.07) is 49.6. The summed E-state index contributed by atoms with van der Waals surface area (Å²) in [7, 11) is 0. The molecule has 4 amide bonds. The van der Waals surface area contributed by atoms with Gasteiger partial charge in [-0.1, -0.05) is 109 Å². The molecule has 16 nitrogen and oxygen atoms in total. The highest BCUT2D eigenvalue weighted by atomic mass is 19.1. The van der Waals surface area contributed by atoms with Crippen LogP contribution in [0.4, 0.5) is 17.6 Å². The topological polar surface area (TPSA) is 250 Å². The molecule has 0 bridgehead atoms. The van der Waals surface area contributed by atoms with E-state index in [-0.39, 0.29) is 96.4 Å². The van der Waals surface area contributed by atoms with Gasteiger partial charge >= 0.3 is 11.9 Å². The molecule has 9 aromatic carbocycles. The summed E-state index contributed by atoms with van der Waals surface area (Å²) in [6.07, 6.45) is 0. The molecule has 0 saturated carbocycles. The second-order valence-corrected chi connectivity index (χ2v) is 19.5. The zero-order valence-corrected chi connectivity index (χ0v) is 47.3. The monoisotopic (exact) mass is 1200 g/mol. The summed E-state index contributed by atoms with van der Waals surface area (Å²) in [5, 5.41) is 49.4. The molecule has 9 aromatic rings. The number of ether oxygens (including phenoxy) is 2. The average Bonchev–Trinajstić information content (AvgIpc) is 3.59. The summed E-state index contributed by atoms with van der Waals surface area (Å²) < 4.78 is 63.8. The summed E-state index contributed by atoms with van der Waals surface area (Å²) in [6.45, 7) is 4.24. The van der Waals surface area contributed by atoms with Gasteiger partial charge < -0.3 is 51.2 Å². The fourth-order valence-electron chi connectivity index (χ4n) is 8.51. The summed E-state index contributed by atoms with van der Waals surface area (Å²) in [4.78, 5) is 73.0. The van der Waals surface area contributed by atoms with Crippen LogP contribution >= 0.6 is 0 Å². The Hall–Kier alpha value is -11.3. The highest BCUT2D eigenvalue weighted by Crippen LogP contribution is 2.34. The van der Waals surface area contributed by atoms with Gasteiger partial charge in [0.1, 0.15) is 53.5 Å². The Balaban J connectivity index is 0.000000196. The van der Waals surface area contributed by atoms with Gasteiger partial charge in [-0.2, -0.15) is 0 Å². The number of phenols is 2. The van der Waals surface area contributed by atoms with Gasteiger partial charge in [0.2, 0.25) is 0 Å². The fourth-order valence-corrected chi connectivity index (χ4v) is 8.51. The number of aromatic carboxylic acids is 2. The number of carboxylic acid groups (broad SMARTS) is 2. The Morgan fingerprint density at radius 3 is 0.932 bits per heavy atom. The normalized spacial score (nSPS) is 10.4. The van der Waals surface area contributed by atoms with E-state index in [2.05, 4.69) is 21.3 Å². The number of halogens is 4. The molecule has 0 heterocycles. The molecule has 9 rings (SSSR count). The van der Waals surface area contributed by atoms with Crippen LogP contribution in [-0.2, 0) is 39.4 Å². The molecule has 0 saturated heterocycles. The van der Waals surface area contributed by atoms with E-state index < -0.39 is 46.9 Å². The maximum absolute atomic E-state index is 13.2. The van der Waals surface area contributed by atoms with Crippen LogP contribution in [0.2, 0.25) is 0 Å². The van der Waals surface area contributed by atoms with E-state index in [1.165, 1.54) is 104 Å². The molecule has 20 heteroatoms. The van der Waals surface area contributed by atoms with Crippen molar-refractivity contribution in [1.29, 1.82) is 0 Å². The van der Waals surface area contributed by atoms with Gasteiger partial charge in [0, 0.05) is 42.9 Å². The van der Waals surface area contributed by atoms with Crippen molar-refractivity contribution in [1.82, 2.24) is 21.3 Å². The number of amides is 4. The zero-order valence-electron chi connectivity index (χ0n) is 47.3. The molecule has 450 valence electrons. The van der Waals surface area contributed by atoms with Crippen molar-refractivity contribution in [2.75, 3.05) is 0 Å². The summed E-state index contributed by atoms with van der Waals surface area (Å²) >= 11 is 0. The van der Waals surface area contributed by atoms with Crippen molar-refractivity contribution in [3.05, 3.63) is 295 Å². The Labute approximate surface area is 502 Å². The van der Waals surface area contributed by atoms with Crippen LogP contribution < -0.4 is 30.7 Å². The largest absolute Gasteiger partial charge is 0.504 e. The number of carboxylic acids is 2. The van der Waals surface area contributed by atoms with Gasteiger partial charge in [0.05, 0.1) is 22.3 Å². The van der Waals surface area contributed by atoms with Crippen LogP contribution in [-0.4, -0.2) is 56.0 Å². The smallest absolute Gasteiger partial charge is 0.339 e. The molecular formula is C68H58F4N4O12. The first-order valence-corrected chi connectivity index (χ1v) is 27.0. The van der Waals surface area contributed by atoms with Gasteiger partial charge in [0.25, 0.3) is 23.6 Å². The first kappa shape index (κ1) is 64.3. The van der Waals surface area contributed by atoms with Crippen LogP contribution in [0.15, 0.2) is 194 Å². The van der Waals surface area contributed by atoms with Crippen molar-refractivity contribution < 1.29 is 76.2 Å². The number of phenolic OH excluding ortho intramolecular Hbond substituents is 2. The van der Waals surface area contributed by atoms with Gasteiger partial charge in [-0.3, -0.25) is 19.2 Å². The molecular weight excluding hydrogens is 1140 g/mol. The number of carbonyl (C=O) groups excluding carboxylic acids is 4. The zero-order chi connectivity index (χ0) is 63.3. The van der Waals surface area contributed by atoms with E-state index in [1.807, 2.05) is 60.7 Å². The maximum atomic E-state index is 13.2. The van der Waals surface area contributed by atoms with E-state index in [0.29, 0.717) is 33.6 Å². The minimum absolute atomic E-state index is 0.0306. The number of rotatable bonds is 20. The Morgan fingerprint density at radius 1 is 0.330 bits per heavy atom. The molecule has 0 aliphatic heterocycles. The van der Waals surface area contributed by atoms with Crippen molar-refractivity contribution in [2.45, 2.75) is 53.2 Å². The number of hydrogen-bond donors (Lipinski definition) is 8. The molecule has 0 aliphatic rings. The predicted octanol–water partition coefficient (Wildman–Crippen LogP) is 11.9. The van der Waals surface area contributed by atoms with Gasteiger partial charge in [-0.05, 0) is 132 Å². The third kappa shape index (κ3) is 18.1. The molecule has 0 radical (unpaired) electrons. The lowest BCUT2D eigenvalue weighted by Crippen LogP contribution is -2.26. The van der Waals surface area contributed by atoms with E-state index in [4.69, 9.17) is 14.6 Å². The first-order valence-electron chi connectivity index (χ1n) is 27.0. The van der Waals surface area contributed by atoms with Gasteiger partial charge in [0.15, 0.2) is 11.5 Å². The van der Waals surface area contributed by atoms with E-state index in [1.54, 1.807) is 43.3 Å². The summed E-state index contributed by atoms with van der Waals surface area (Å²) in [5.74, 6) is -6.93. The average molecular weight is 1200 g/mol. The SMILES string of the molecule is Cc1c(C(=O)NCc2ccc(F)cc2)ccc(C(=O)NCc2ccc(F)cc2)c1OCc1ccccc1.Cc1c(C(=O)O)ccc(C(=O)O)c1OCc1ccccc1.O=C(NCc1ccc(F)cc1)c1ccc(C(=O)NCc2ccc(F)cc2)c(O)c1O. The van der Waals surface area contributed by atoms with Crippen molar-refractivity contribution in [2.24, 2.45) is 0 Å². The third-order valence-corrected chi connectivity index (χ3v) is 13.3. The lowest BCUT2D eigenvalue weighted by molar-refractivity contribution is 0.0675. The Morgan fingerprint density at radius 2 is 0.591 bits per heavy atom. The lowest BCUT2D eigenvalue weighted by atomic mass is 10.0. The quantitative estimate of drug-likeness (QED) is 0.0262.